The van der Waals surface area contributed by atoms with Crippen LogP contribution in [0.4, 0.5) is 0 Å². The zero-order valence-electron chi connectivity index (χ0n) is 12.2. The Bertz CT molecular complexity index is 507. The summed E-state index contributed by atoms with van der Waals surface area (Å²) < 4.78 is 0. The predicted molar refractivity (Wildman–Crippen MR) is 84.6 cm³/mol. The van der Waals surface area contributed by atoms with Gasteiger partial charge in [0.1, 0.15) is 5.54 Å². The molecule has 4 nitrogen and oxygen atoms in total. The minimum Gasteiger partial charge on any atom is -0.479 e. The van der Waals surface area contributed by atoms with Gasteiger partial charge in [0.15, 0.2) is 0 Å². The maximum atomic E-state index is 12.0. The van der Waals surface area contributed by atoms with Crippen LogP contribution in [0.2, 0.25) is 0 Å². The minimum absolute atomic E-state index is 0.160. The van der Waals surface area contributed by atoms with Crippen molar-refractivity contribution in [2.24, 2.45) is 0 Å². The smallest absolute Gasteiger partial charge is 0.330 e. The first-order valence-electron chi connectivity index (χ1n) is 7.19. The van der Waals surface area contributed by atoms with E-state index in [0.29, 0.717) is 18.6 Å². The number of nitrogens with one attached hydrogen (secondary N) is 1. The Kier molecular flexibility index (Phi) is 5.28. The monoisotopic (exact) mass is 307 g/mol. The van der Waals surface area contributed by atoms with E-state index >= 15 is 0 Å². The number of rotatable bonds is 6. The van der Waals surface area contributed by atoms with Gasteiger partial charge < -0.3 is 10.4 Å². The van der Waals surface area contributed by atoms with Crippen molar-refractivity contribution in [2.75, 3.05) is 11.5 Å². The lowest BCUT2D eigenvalue weighted by Gasteiger charge is -2.24. The van der Waals surface area contributed by atoms with Gasteiger partial charge in [0.25, 0.3) is 0 Å². The van der Waals surface area contributed by atoms with Crippen LogP contribution in [0.5, 0.6) is 0 Å². The second-order valence-corrected chi connectivity index (χ2v) is 6.68. The molecule has 0 radical (unpaired) electrons. The lowest BCUT2D eigenvalue weighted by atomic mass is 9.98. The third kappa shape index (κ3) is 4.24. The fourth-order valence-corrected chi connectivity index (χ4v) is 3.75. The van der Waals surface area contributed by atoms with Crippen LogP contribution in [0.15, 0.2) is 24.3 Å². The number of hydrogen-bond acceptors (Lipinski definition) is 3. The minimum atomic E-state index is -1.05. The number of carbonyl (C=O) groups excluding carboxylic acids is 1. The summed E-state index contributed by atoms with van der Waals surface area (Å²) in [6.07, 6.45) is 2.45. The highest BCUT2D eigenvalue weighted by Crippen LogP contribution is 2.28. The summed E-state index contributed by atoms with van der Waals surface area (Å²) in [4.78, 5) is 23.3. The number of amides is 1. The molecule has 5 heteroatoms. The number of carboxylic acid groups (broad SMARTS) is 1. The van der Waals surface area contributed by atoms with Gasteiger partial charge in [-0.2, -0.15) is 11.8 Å². The van der Waals surface area contributed by atoms with Crippen molar-refractivity contribution < 1.29 is 14.7 Å². The summed E-state index contributed by atoms with van der Waals surface area (Å²) >= 11 is 1.58. The molecule has 1 unspecified atom stereocenters. The van der Waals surface area contributed by atoms with E-state index < -0.39 is 11.5 Å². The summed E-state index contributed by atoms with van der Waals surface area (Å²) in [7, 11) is 0. The average molecular weight is 307 g/mol. The second kappa shape index (κ2) is 6.98. The molecule has 1 aliphatic rings. The van der Waals surface area contributed by atoms with Crippen LogP contribution >= 0.6 is 11.8 Å². The Hall–Kier alpha value is -1.49. The number of aliphatic carboxylic acids is 1. The van der Waals surface area contributed by atoms with Gasteiger partial charge in [0.05, 0.1) is 0 Å². The SMILES string of the molecule is Cc1ccc(CCCC(=O)NC2(C(=O)O)CCSC2)cc1. The topological polar surface area (TPSA) is 66.4 Å². The molecule has 1 saturated heterocycles. The first-order valence-corrected chi connectivity index (χ1v) is 8.35. The number of aryl methyl sites for hydroxylation is 2. The zero-order chi connectivity index (χ0) is 15.3. The first kappa shape index (κ1) is 15.9. The first-order chi connectivity index (χ1) is 10.0. The van der Waals surface area contributed by atoms with E-state index in [0.717, 1.165) is 18.6 Å². The summed E-state index contributed by atoms with van der Waals surface area (Å²) in [5, 5.41) is 12.0. The number of carboxylic acids is 1. The molecular weight excluding hydrogens is 286 g/mol. The number of benzene rings is 1. The van der Waals surface area contributed by atoms with Crippen LogP contribution in [0.1, 0.15) is 30.4 Å². The standard InChI is InChI=1S/C16H21NO3S/c1-12-5-7-13(8-6-12)3-2-4-14(18)17-16(15(19)20)9-10-21-11-16/h5-8H,2-4,9-11H2,1H3,(H,17,18)(H,19,20). The Morgan fingerprint density at radius 3 is 2.62 bits per heavy atom. The van der Waals surface area contributed by atoms with Crippen molar-refractivity contribution in [2.45, 2.75) is 38.1 Å². The zero-order valence-corrected chi connectivity index (χ0v) is 13.0. The van der Waals surface area contributed by atoms with E-state index in [4.69, 9.17) is 0 Å². The molecule has 1 heterocycles. The predicted octanol–water partition coefficient (Wildman–Crippen LogP) is 2.39. The van der Waals surface area contributed by atoms with Gasteiger partial charge in [0.2, 0.25) is 5.91 Å². The third-order valence-electron chi connectivity index (χ3n) is 3.80. The van der Waals surface area contributed by atoms with E-state index in [9.17, 15) is 14.7 Å². The average Bonchev–Trinajstić information content (AvgIpc) is 2.91. The van der Waals surface area contributed by atoms with Crippen LogP contribution in [0.3, 0.4) is 0 Å². The summed E-state index contributed by atoms with van der Waals surface area (Å²) in [6.45, 7) is 2.04. The van der Waals surface area contributed by atoms with Crippen molar-refractivity contribution in [3.05, 3.63) is 35.4 Å². The molecule has 114 valence electrons. The van der Waals surface area contributed by atoms with Crippen molar-refractivity contribution in [3.8, 4) is 0 Å². The molecule has 0 aliphatic carbocycles. The normalized spacial score (nSPS) is 21.2. The quantitative estimate of drug-likeness (QED) is 0.847. The molecule has 0 spiro atoms. The molecule has 2 N–H and O–H groups in total. The van der Waals surface area contributed by atoms with Gasteiger partial charge in [-0.15, -0.1) is 0 Å². The molecule has 1 atom stereocenters. The van der Waals surface area contributed by atoms with Crippen LogP contribution < -0.4 is 5.32 Å². The van der Waals surface area contributed by atoms with Crippen molar-refractivity contribution >= 4 is 23.6 Å². The lowest BCUT2D eigenvalue weighted by Crippen LogP contribution is -2.54. The second-order valence-electron chi connectivity index (χ2n) is 5.58. The molecule has 0 aromatic heterocycles. The van der Waals surface area contributed by atoms with Gasteiger partial charge in [0, 0.05) is 12.2 Å². The molecule has 1 aromatic rings. The molecule has 0 saturated carbocycles. The molecule has 1 amide bonds. The molecular formula is C16H21NO3S. The summed E-state index contributed by atoms with van der Waals surface area (Å²) in [5.74, 6) is 0.175. The fraction of sp³-hybridized carbons (Fsp3) is 0.500. The maximum absolute atomic E-state index is 12.0. The van der Waals surface area contributed by atoms with Gasteiger partial charge in [-0.3, -0.25) is 4.79 Å². The van der Waals surface area contributed by atoms with E-state index in [1.165, 1.54) is 11.1 Å². The van der Waals surface area contributed by atoms with Crippen molar-refractivity contribution in [3.63, 3.8) is 0 Å². The Morgan fingerprint density at radius 2 is 2.05 bits per heavy atom. The molecule has 21 heavy (non-hydrogen) atoms. The Balaban J connectivity index is 1.79. The van der Waals surface area contributed by atoms with Crippen molar-refractivity contribution in [1.29, 1.82) is 0 Å². The largest absolute Gasteiger partial charge is 0.479 e. The molecule has 1 aliphatic heterocycles. The highest BCUT2D eigenvalue weighted by Gasteiger charge is 2.42. The van der Waals surface area contributed by atoms with Gasteiger partial charge in [-0.25, -0.2) is 4.79 Å². The van der Waals surface area contributed by atoms with E-state index in [1.54, 1.807) is 11.8 Å². The van der Waals surface area contributed by atoms with E-state index in [-0.39, 0.29) is 5.91 Å². The summed E-state index contributed by atoms with van der Waals surface area (Å²) in [6, 6.07) is 8.26. The lowest BCUT2D eigenvalue weighted by molar-refractivity contribution is -0.146. The fourth-order valence-electron chi connectivity index (χ4n) is 2.42. The number of thioether (sulfide) groups is 1. The third-order valence-corrected chi connectivity index (χ3v) is 4.99. The van der Waals surface area contributed by atoms with Gasteiger partial charge in [-0.1, -0.05) is 29.8 Å². The number of carbonyl (C=O) groups is 2. The van der Waals surface area contributed by atoms with E-state index in [2.05, 4.69) is 29.6 Å². The van der Waals surface area contributed by atoms with Crippen LogP contribution in [-0.4, -0.2) is 34.0 Å². The maximum Gasteiger partial charge on any atom is 0.330 e. The van der Waals surface area contributed by atoms with Crippen molar-refractivity contribution in [1.82, 2.24) is 5.32 Å². The molecule has 2 rings (SSSR count). The Labute approximate surface area is 129 Å². The van der Waals surface area contributed by atoms with Gasteiger partial charge in [-0.05, 0) is 37.5 Å². The molecule has 1 aromatic carbocycles. The molecule has 1 fully saturated rings. The Morgan fingerprint density at radius 1 is 1.33 bits per heavy atom. The van der Waals surface area contributed by atoms with Crippen LogP contribution in [-0.2, 0) is 16.0 Å². The summed E-state index contributed by atoms with van der Waals surface area (Å²) in [5.41, 5.74) is 1.38. The van der Waals surface area contributed by atoms with E-state index in [1.807, 2.05) is 6.92 Å². The number of hydrogen-bond donors (Lipinski definition) is 2. The highest BCUT2D eigenvalue weighted by atomic mass is 32.2. The van der Waals surface area contributed by atoms with Crippen LogP contribution in [0, 0.1) is 6.92 Å². The molecule has 0 bridgehead atoms. The highest BCUT2D eigenvalue weighted by molar-refractivity contribution is 7.99. The van der Waals surface area contributed by atoms with Crippen LogP contribution in [0.25, 0.3) is 0 Å². The van der Waals surface area contributed by atoms with Gasteiger partial charge >= 0.3 is 5.97 Å².